The van der Waals surface area contributed by atoms with Gasteiger partial charge in [0.2, 0.25) is 0 Å². The second-order valence-electron chi connectivity index (χ2n) is 3.73. The zero-order chi connectivity index (χ0) is 11.4. The third-order valence-corrected chi connectivity index (χ3v) is 2.60. The average Bonchev–Trinajstić information content (AvgIpc) is 2.12. The van der Waals surface area contributed by atoms with E-state index >= 15 is 0 Å². The third-order valence-electron chi connectivity index (χ3n) is 2.16. The molecule has 0 radical (unpaired) electrons. The number of hydrogen-bond donors (Lipinski definition) is 1. The second kappa shape index (κ2) is 5.55. The first-order valence-corrected chi connectivity index (χ1v) is 5.56. The van der Waals surface area contributed by atoms with E-state index in [0.717, 1.165) is 11.1 Å². The average molecular weight is 245 g/mol. The lowest BCUT2D eigenvalue weighted by Crippen LogP contribution is -1.98. The van der Waals surface area contributed by atoms with Crippen molar-refractivity contribution < 1.29 is 5.11 Å². The summed E-state index contributed by atoms with van der Waals surface area (Å²) in [6.45, 7) is 4.13. The highest BCUT2D eigenvalue weighted by Gasteiger charge is 2.03. The van der Waals surface area contributed by atoms with Crippen LogP contribution in [0.3, 0.4) is 0 Å². The minimum absolute atomic E-state index is 0.0573. The molecule has 0 saturated heterocycles. The van der Waals surface area contributed by atoms with Crippen molar-refractivity contribution in [2.45, 2.75) is 13.8 Å². The minimum Gasteiger partial charge on any atom is -0.392 e. The molecular weight excluding hydrogens is 231 g/mol. The van der Waals surface area contributed by atoms with Crippen LogP contribution in [0.2, 0.25) is 10.0 Å². The lowest BCUT2D eigenvalue weighted by atomic mass is 10.0. The van der Waals surface area contributed by atoms with Gasteiger partial charge in [0.05, 0.1) is 6.61 Å². The van der Waals surface area contributed by atoms with Crippen LogP contribution in [0.4, 0.5) is 0 Å². The summed E-state index contributed by atoms with van der Waals surface area (Å²) in [5.41, 5.74) is 1.89. The molecule has 0 aromatic heterocycles. The molecule has 0 bridgehead atoms. The number of aliphatic hydroxyl groups is 1. The van der Waals surface area contributed by atoms with Gasteiger partial charge in [-0.25, -0.2) is 0 Å². The van der Waals surface area contributed by atoms with Crippen molar-refractivity contribution in [1.82, 2.24) is 0 Å². The van der Waals surface area contributed by atoms with E-state index < -0.39 is 0 Å². The zero-order valence-electron chi connectivity index (χ0n) is 8.80. The summed E-state index contributed by atoms with van der Waals surface area (Å²) < 4.78 is 0. The molecule has 0 saturated carbocycles. The number of aliphatic hydroxyl groups excluding tert-OH is 1. The van der Waals surface area contributed by atoms with Crippen molar-refractivity contribution in [2.75, 3.05) is 6.61 Å². The van der Waals surface area contributed by atoms with Crippen molar-refractivity contribution in [2.24, 2.45) is 5.92 Å². The van der Waals surface area contributed by atoms with Crippen LogP contribution in [0.1, 0.15) is 19.4 Å². The largest absolute Gasteiger partial charge is 0.392 e. The molecule has 15 heavy (non-hydrogen) atoms. The molecule has 0 aliphatic rings. The Morgan fingerprint density at radius 1 is 1.27 bits per heavy atom. The van der Waals surface area contributed by atoms with Crippen molar-refractivity contribution in [3.8, 4) is 0 Å². The molecule has 3 heteroatoms. The van der Waals surface area contributed by atoms with Crippen LogP contribution in [0.25, 0.3) is 6.08 Å². The number of benzene rings is 1. The summed E-state index contributed by atoms with van der Waals surface area (Å²) >= 11 is 11.8. The van der Waals surface area contributed by atoms with Crippen LogP contribution in [0, 0.1) is 5.92 Å². The highest BCUT2D eigenvalue weighted by molar-refractivity contribution is 6.34. The Morgan fingerprint density at radius 2 is 1.80 bits per heavy atom. The molecule has 0 fully saturated rings. The molecule has 1 aromatic rings. The van der Waals surface area contributed by atoms with Crippen LogP contribution in [-0.2, 0) is 0 Å². The molecule has 1 aromatic carbocycles. The van der Waals surface area contributed by atoms with Crippen molar-refractivity contribution in [3.63, 3.8) is 0 Å². The van der Waals surface area contributed by atoms with E-state index in [2.05, 4.69) is 0 Å². The van der Waals surface area contributed by atoms with Gasteiger partial charge in [0, 0.05) is 10.0 Å². The Kier molecular flexibility index (Phi) is 4.65. The fourth-order valence-electron chi connectivity index (χ4n) is 1.27. The molecule has 1 N–H and O–H groups in total. The first kappa shape index (κ1) is 12.6. The van der Waals surface area contributed by atoms with E-state index in [1.807, 2.05) is 32.1 Å². The molecule has 1 rings (SSSR count). The first-order chi connectivity index (χ1) is 7.02. The maximum Gasteiger partial charge on any atom is 0.0647 e. The van der Waals surface area contributed by atoms with E-state index in [1.165, 1.54) is 0 Å². The predicted molar refractivity (Wildman–Crippen MR) is 66.4 cm³/mol. The van der Waals surface area contributed by atoms with Crippen molar-refractivity contribution >= 4 is 29.3 Å². The minimum atomic E-state index is 0.0573. The second-order valence-corrected chi connectivity index (χ2v) is 4.61. The highest BCUT2D eigenvalue weighted by Crippen LogP contribution is 2.22. The van der Waals surface area contributed by atoms with Gasteiger partial charge >= 0.3 is 0 Å². The standard InChI is InChI=1S/C12H14Cl2O/c1-8(2)10(7-15)3-9-4-11(13)6-12(14)5-9/h3-6,8,15H,7H2,1-2H3. The van der Waals surface area contributed by atoms with E-state index in [4.69, 9.17) is 28.3 Å². The highest BCUT2D eigenvalue weighted by atomic mass is 35.5. The molecule has 0 amide bonds. The molecule has 0 unspecified atom stereocenters. The lowest BCUT2D eigenvalue weighted by Gasteiger charge is -2.08. The monoisotopic (exact) mass is 244 g/mol. The maximum atomic E-state index is 9.16. The Hall–Kier alpha value is -0.500. The van der Waals surface area contributed by atoms with Crippen LogP contribution in [0.15, 0.2) is 23.8 Å². The van der Waals surface area contributed by atoms with Gasteiger partial charge in [-0.3, -0.25) is 0 Å². The first-order valence-electron chi connectivity index (χ1n) is 4.80. The van der Waals surface area contributed by atoms with Crippen LogP contribution in [-0.4, -0.2) is 11.7 Å². The van der Waals surface area contributed by atoms with Gasteiger partial charge < -0.3 is 5.11 Å². The summed E-state index contributed by atoms with van der Waals surface area (Å²) in [4.78, 5) is 0. The molecular formula is C12H14Cl2O. The SMILES string of the molecule is CC(C)C(=Cc1cc(Cl)cc(Cl)c1)CO. The summed E-state index contributed by atoms with van der Waals surface area (Å²) in [5, 5.41) is 10.4. The molecule has 0 spiro atoms. The number of halogens is 2. The molecule has 1 nitrogen and oxygen atoms in total. The normalized spacial score (nSPS) is 12.3. The maximum absolute atomic E-state index is 9.16. The Labute approximate surface area is 100 Å². The van der Waals surface area contributed by atoms with Crippen LogP contribution in [0.5, 0.6) is 0 Å². The van der Waals surface area contributed by atoms with E-state index in [9.17, 15) is 0 Å². The Morgan fingerprint density at radius 3 is 2.20 bits per heavy atom. The van der Waals surface area contributed by atoms with Crippen LogP contribution >= 0.6 is 23.2 Å². The van der Waals surface area contributed by atoms with Gasteiger partial charge in [-0.1, -0.05) is 43.1 Å². The third kappa shape index (κ3) is 3.86. The smallest absolute Gasteiger partial charge is 0.0647 e. The van der Waals surface area contributed by atoms with Crippen LogP contribution < -0.4 is 0 Å². The fraction of sp³-hybridized carbons (Fsp3) is 0.333. The predicted octanol–water partition coefficient (Wildman–Crippen LogP) is 4.03. The van der Waals surface area contributed by atoms with E-state index in [1.54, 1.807) is 6.07 Å². The van der Waals surface area contributed by atoms with Gasteiger partial charge in [-0.05, 0) is 35.3 Å². The molecule has 82 valence electrons. The van der Waals surface area contributed by atoms with E-state index in [0.29, 0.717) is 16.0 Å². The van der Waals surface area contributed by atoms with Gasteiger partial charge in [0.1, 0.15) is 0 Å². The van der Waals surface area contributed by atoms with Gasteiger partial charge in [0.15, 0.2) is 0 Å². The summed E-state index contributed by atoms with van der Waals surface area (Å²) in [6, 6.07) is 5.34. The summed E-state index contributed by atoms with van der Waals surface area (Å²) in [6.07, 6.45) is 1.92. The topological polar surface area (TPSA) is 20.2 Å². The lowest BCUT2D eigenvalue weighted by molar-refractivity contribution is 0.320. The van der Waals surface area contributed by atoms with Gasteiger partial charge in [0.25, 0.3) is 0 Å². The number of hydrogen-bond acceptors (Lipinski definition) is 1. The Bertz CT molecular complexity index is 350. The molecule has 0 atom stereocenters. The molecule has 0 aliphatic carbocycles. The fourth-order valence-corrected chi connectivity index (χ4v) is 1.81. The van der Waals surface area contributed by atoms with Crippen molar-refractivity contribution in [3.05, 3.63) is 39.4 Å². The summed E-state index contributed by atoms with van der Waals surface area (Å²) in [7, 11) is 0. The molecule has 0 heterocycles. The van der Waals surface area contributed by atoms with E-state index in [-0.39, 0.29) is 6.61 Å². The molecule has 0 aliphatic heterocycles. The van der Waals surface area contributed by atoms with Gasteiger partial charge in [-0.2, -0.15) is 0 Å². The van der Waals surface area contributed by atoms with Gasteiger partial charge in [-0.15, -0.1) is 0 Å². The number of rotatable bonds is 3. The van der Waals surface area contributed by atoms with Crippen molar-refractivity contribution in [1.29, 1.82) is 0 Å². The quantitative estimate of drug-likeness (QED) is 0.852. The Balaban J connectivity index is 3.05. The summed E-state index contributed by atoms with van der Waals surface area (Å²) in [5.74, 6) is 0.313. The zero-order valence-corrected chi connectivity index (χ0v) is 10.3.